The van der Waals surface area contributed by atoms with E-state index in [2.05, 4.69) is 0 Å². The van der Waals surface area contributed by atoms with Crippen molar-refractivity contribution in [3.05, 3.63) is 71.8 Å². The van der Waals surface area contributed by atoms with Crippen LogP contribution in [0.25, 0.3) is 0 Å². The van der Waals surface area contributed by atoms with Gasteiger partial charge in [0.1, 0.15) is 6.10 Å². The van der Waals surface area contributed by atoms with Crippen LogP contribution in [0.4, 0.5) is 0 Å². The van der Waals surface area contributed by atoms with E-state index < -0.39 is 11.6 Å². The molecule has 3 rings (SSSR count). The number of piperidine rings is 1. The molecule has 6 heteroatoms. The Balaban J connectivity index is 0.00000243. The van der Waals surface area contributed by atoms with Gasteiger partial charge in [-0.15, -0.1) is 12.4 Å². The first-order chi connectivity index (χ1) is 12.1. The van der Waals surface area contributed by atoms with Crippen LogP contribution in [0.3, 0.4) is 0 Å². The normalized spacial score (nSPS) is 18.0. The third-order valence-electron chi connectivity index (χ3n) is 4.61. The standard InChI is InChI=1S/C20H23NO4.ClH/c22-15-21-13-7-12-18(14-21)25-19(23)20(24,16-8-3-1-4-9-16)17-10-5-2-6-11-17;/h1-6,8-11,18,22,24H,7,12-15H2;1H. The number of hydrogen-bond donors (Lipinski definition) is 2. The molecule has 0 aromatic heterocycles. The van der Waals surface area contributed by atoms with Crippen molar-refractivity contribution in [2.75, 3.05) is 19.8 Å². The van der Waals surface area contributed by atoms with E-state index in [9.17, 15) is 15.0 Å². The first kappa shape index (κ1) is 20.4. The van der Waals surface area contributed by atoms with Crippen LogP contribution in [0, 0.1) is 0 Å². The number of esters is 1. The number of likely N-dealkylation sites (tertiary alicyclic amines) is 1. The van der Waals surface area contributed by atoms with Gasteiger partial charge >= 0.3 is 5.97 Å². The second-order valence-electron chi connectivity index (χ2n) is 6.33. The molecule has 1 unspecified atom stereocenters. The third kappa shape index (κ3) is 4.24. The van der Waals surface area contributed by atoms with Crippen molar-refractivity contribution in [1.29, 1.82) is 0 Å². The summed E-state index contributed by atoms with van der Waals surface area (Å²) in [5.41, 5.74) is -0.911. The zero-order chi connectivity index (χ0) is 17.7. The van der Waals surface area contributed by atoms with Crippen molar-refractivity contribution in [2.45, 2.75) is 24.5 Å². The second kappa shape index (κ2) is 9.14. The van der Waals surface area contributed by atoms with E-state index in [1.54, 1.807) is 48.5 Å². The summed E-state index contributed by atoms with van der Waals surface area (Å²) in [7, 11) is 0. The highest BCUT2D eigenvalue weighted by molar-refractivity contribution is 5.86. The lowest BCUT2D eigenvalue weighted by molar-refractivity contribution is -0.171. The molecule has 2 aromatic carbocycles. The number of aliphatic hydroxyl groups excluding tert-OH is 1. The Morgan fingerprint density at radius 2 is 1.62 bits per heavy atom. The highest BCUT2D eigenvalue weighted by Gasteiger charge is 2.43. The first-order valence-corrected chi connectivity index (χ1v) is 8.52. The molecule has 0 saturated carbocycles. The maximum atomic E-state index is 13.0. The molecule has 0 bridgehead atoms. The Labute approximate surface area is 159 Å². The minimum atomic E-state index is -1.86. The van der Waals surface area contributed by atoms with Gasteiger partial charge in [-0.25, -0.2) is 4.79 Å². The minimum Gasteiger partial charge on any atom is -0.458 e. The predicted molar refractivity (Wildman–Crippen MR) is 101 cm³/mol. The van der Waals surface area contributed by atoms with Gasteiger partial charge in [0.25, 0.3) is 0 Å². The van der Waals surface area contributed by atoms with Crippen molar-refractivity contribution >= 4 is 18.4 Å². The molecular weight excluding hydrogens is 354 g/mol. The van der Waals surface area contributed by atoms with E-state index in [0.29, 0.717) is 17.7 Å². The quantitative estimate of drug-likeness (QED) is 0.782. The van der Waals surface area contributed by atoms with Crippen LogP contribution >= 0.6 is 12.4 Å². The first-order valence-electron chi connectivity index (χ1n) is 8.52. The highest BCUT2D eigenvalue weighted by Crippen LogP contribution is 2.32. The van der Waals surface area contributed by atoms with E-state index in [4.69, 9.17) is 4.74 Å². The fourth-order valence-corrected chi connectivity index (χ4v) is 3.24. The van der Waals surface area contributed by atoms with Crippen LogP contribution in [0.1, 0.15) is 24.0 Å². The lowest BCUT2D eigenvalue weighted by Crippen LogP contribution is -2.45. The van der Waals surface area contributed by atoms with Crippen LogP contribution in [-0.4, -0.2) is 47.0 Å². The number of hydrogen-bond acceptors (Lipinski definition) is 5. The fraction of sp³-hybridized carbons (Fsp3) is 0.350. The van der Waals surface area contributed by atoms with Crippen LogP contribution in [-0.2, 0) is 15.1 Å². The van der Waals surface area contributed by atoms with E-state index in [0.717, 1.165) is 19.4 Å². The van der Waals surface area contributed by atoms with Crippen LogP contribution in [0.2, 0.25) is 0 Å². The maximum Gasteiger partial charge on any atom is 0.348 e. The molecule has 1 aliphatic rings. The van der Waals surface area contributed by atoms with Crippen molar-refractivity contribution in [3.63, 3.8) is 0 Å². The molecule has 1 atom stereocenters. The van der Waals surface area contributed by atoms with Gasteiger partial charge < -0.3 is 14.9 Å². The van der Waals surface area contributed by atoms with Crippen LogP contribution in [0.5, 0.6) is 0 Å². The van der Waals surface area contributed by atoms with Crippen LogP contribution < -0.4 is 0 Å². The summed E-state index contributed by atoms with van der Waals surface area (Å²) in [4.78, 5) is 14.8. The molecule has 1 aliphatic heterocycles. The molecule has 140 valence electrons. The second-order valence-corrected chi connectivity index (χ2v) is 6.33. The number of carbonyl (C=O) groups excluding carboxylic acids is 1. The molecule has 5 nitrogen and oxygen atoms in total. The monoisotopic (exact) mass is 377 g/mol. The molecule has 1 fully saturated rings. The van der Waals surface area contributed by atoms with E-state index in [-0.39, 0.29) is 25.2 Å². The number of ether oxygens (including phenoxy) is 1. The van der Waals surface area contributed by atoms with E-state index >= 15 is 0 Å². The molecule has 1 saturated heterocycles. The van der Waals surface area contributed by atoms with Crippen molar-refractivity contribution in [3.8, 4) is 0 Å². The Morgan fingerprint density at radius 1 is 1.08 bits per heavy atom. The Morgan fingerprint density at radius 3 is 2.12 bits per heavy atom. The summed E-state index contributed by atoms with van der Waals surface area (Å²) in [6.07, 6.45) is 1.22. The molecule has 0 radical (unpaired) electrons. The molecular formula is C20H24ClNO4. The predicted octanol–water partition coefficient (Wildman–Crippen LogP) is 2.30. The lowest BCUT2D eigenvalue weighted by atomic mass is 9.86. The van der Waals surface area contributed by atoms with E-state index in [1.165, 1.54) is 0 Å². The number of aliphatic hydroxyl groups is 2. The SMILES string of the molecule is Cl.O=C(OC1CCCN(CO)C1)C(O)(c1ccccc1)c1ccccc1. The summed E-state index contributed by atoms with van der Waals surface area (Å²) in [5, 5.41) is 20.6. The molecule has 0 spiro atoms. The van der Waals surface area contributed by atoms with Crippen molar-refractivity contribution in [1.82, 2.24) is 4.90 Å². The Bertz CT molecular complexity index is 656. The highest BCUT2D eigenvalue weighted by atomic mass is 35.5. The number of halogens is 1. The molecule has 26 heavy (non-hydrogen) atoms. The summed E-state index contributed by atoms with van der Waals surface area (Å²) in [6.45, 7) is 1.20. The molecule has 1 heterocycles. The minimum absolute atomic E-state index is 0. The summed E-state index contributed by atoms with van der Waals surface area (Å²) in [6, 6.07) is 17.7. The van der Waals surface area contributed by atoms with Gasteiger partial charge in [-0.2, -0.15) is 0 Å². The summed E-state index contributed by atoms with van der Waals surface area (Å²) in [5.74, 6) is -0.685. The lowest BCUT2D eigenvalue weighted by Gasteiger charge is -2.34. The molecule has 2 aromatic rings. The Kier molecular flexibility index (Phi) is 7.17. The number of benzene rings is 2. The van der Waals surface area contributed by atoms with Gasteiger partial charge in [0.2, 0.25) is 5.60 Å². The smallest absolute Gasteiger partial charge is 0.348 e. The zero-order valence-corrected chi connectivity index (χ0v) is 15.3. The van der Waals surface area contributed by atoms with Crippen molar-refractivity contribution < 1.29 is 19.7 Å². The molecule has 0 aliphatic carbocycles. The summed E-state index contributed by atoms with van der Waals surface area (Å²) < 4.78 is 5.66. The topological polar surface area (TPSA) is 70.0 Å². The largest absolute Gasteiger partial charge is 0.458 e. The van der Waals surface area contributed by atoms with Crippen molar-refractivity contribution in [2.24, 2.45) is 0 Å². The van der Waals surface area contributed by atoms with E-state index in [1.807, 2.05) is 17.0 Å². The Hall–Kier alpha value is -1.92. The van der Waals surface area contributed by atoms with Gasteiger partial charge in [0, 0.05) is 13.1 Å². The van der Waals surface area contributed by atoms with Gasteiger partial charge in [-0.05, 0) is 24.0 Å². The fourth-order valence-electron chi connectivity index (χ4n) is 3.24. The number of carbonyl (C=O) groups is 1. The van der Waals surface area contributed by atoms with Gasteiger partial charge in [0.05, 0.1) is 6.73 Å². The zero-order valence-electron chi connectivity index (χ0n) is 14.5. The molecule has 0 amide bonds. The van der Waals surface area contributed by atoms with Gasteiger partial charge in [-0.3, -0.25) is 4.90 Å². The van der Waals surface area contributed by atoms with Gasteiger partial charge in [0.15, 0.2) is 0 Å². The summed E-state index contributed by atoms with van der Waals surface area (Å²) >= 11 is 0. The average molecular weight is 378 g/mol. The van der Waals surface area contributed by atoms with Gasteiger partial charge in [-0.1, -0.05) is 60.7 Å². The third-order valence-corrected chi connectivity index (χ3v) is 4.61. The van der Waals surface area contributed by atoms with Crippen LogP contribution in [0.15, 0.2) is 60.7 Å². The number of rotatable bonds is 5. The maximum absolute atomic E-state index is 13.0. The number of nitrogens with zero attached hydrogens (tertiary/aromatic N) is 1. The molecule has 2 N–H and O–H groups in total. The average Bonchev–Trinajstić information content (AvgIpc) is 2.68.